The molecule has 0 aromatic carbocycles. The average molecular weight is 249 g/mol. The Morgan fingerprint density at radius 2 is 2.33 bits per heavy atom. The first kappa shape index (κ1) is 12.2. The zero-order chi connectivity index (χ0) is 13.1. The van der Waals surface area contributed by atoms with E-state index in [0.29, 0.717) is 12.4 Å². The fourth-order valence-electron chi connectivity index (χ4n) is 1.85. The van der Waals surface area contributed by atoms with Crippen LogP contribution in [-0.2, 0) is 4.79 Å². The molecule has 7 heteroatoms. The van der Waals surface area contributed by atoms with E-state index in [4.69, 9.17) is 11.5 Å². The van der Waals surface area contributed by atoms with Gasteiger partial charge in [-0.05, 0) is 18.9 Å². The maximum atomic E-state index is 11.6. The number of nitrogens with two attached hydrogens (primary N) is 2. The van der Waals surface area contributed by atoms with E-state index in [1.54, 1.807) is 0 Å². The number of amides is 2. The van der Waals surface area contributed by atoms with Gasteiger partial charge in [-0.1, -0.05) is 0 Å². The van der Waals surface area contributed by atoms with Crippen LogP contribution in [0.2, 0.25) is 0 Å². The third-order valence-electron chi connectivity index (χ3n) is 2.81. The molecule has 6 N–H and O–H groups in total. The standard InChI is InChI=1S/C11H15N5O2/c12-7-5-15-9(4-6(7)10(13)17)16-8-2-1-3-14-11(8)18/h4-5,8H,1-3,12H2,(H2,13,17)(H,14,18)(H,15,16). The van der Waals surface area contributed by atoms with Crippen molar-refractivity contribution in [1.29, 1.82) is 0 Å². The Balaban J connectivity index is 2.16. The second kappa shape index (κ2) is 4.91. The van der Waals surface area contributed by atoms with Gasteiger partial charge >= 0.3 is 0 Å². The van der Waals surface area contributed by atoms with E-state index >= 15 is 0 Å². The van der Waals surface area contributed by atoms with Gasteiger partial charge < -0.3 is 22.1 Å². The van der Waals surface area contributed by atoms with Crippen LogP contribution in [0, 0.1) is 0 Å². The molecule has 1 aromatic rings. The van der Waals surface area contributed by atoms with Gasteiger partial charge in [0, 0.05) is 6.54 Å². The van der Waals surface area contributed by atoms with Crippen molar-refractivity contribution in [3.63, 3.8) is 0 Å². The largest absolute Gasteiger partial charge is 0.397 e. The zero-order valence-corrected chi connectivity index (χ0v) is 9.77. The number of carbonyl (C=O) groups is 2. The molecule has 96 valence electrons. The molecule has 1 saturated heterocycles. The summed E-state index contributed by atoms with van der Waals surface area (Å²) in [5.74, 6) is -0.272. The Bertz CT molecular complexity index is 488. The highest BCUT2D eigenvalue weighted by Gasteiger charge is 2.22. The number of piperidine rings is 1. The number of nitrogens with one attached hydrogen (secondary N) is 2. The first-order valence-corrected chi connectivity index (χ1v) is 5.67. The highest BCUT2D eigenvalue weighted by Crippen LogP contribution is 2.16. The number of hydrogen-bond acceptors (Lipinski definition) is 5. The van der Waals surface area contributed by atoms with Crippen LogP contribution in [-0.4, -0.2) is 29.4 Å². The van der Waals surface area contributed by atoms with Gasteiger partial charge in [0.2, 0.25) is 5.91 Å². The predicted octanol–water partition coefficient (Wildman–Crippen LogP) is -0.547. The summed E-state index contributed by atoms with van der Waals surface area (Å²) < 4.78 is 0. The molecule has 1 aliphatic rings. The van der Waals surface area contributed by atoms with Gasteiger partial charge in [-0.2, -0.15) is 0 Å². The number of hydrogen-bond donors (Lipinski definition) is 4. The van der Waals surface area contributed by atoms with Crippen molar-refractivity contribution in [2.24, 2.45) is 5.73 Å². The number of primary amides is 1. The first-order valence-electron chi connectivity index (χ1n) is 5.67. The van der Waals surface area contributed by atoms with Crippen molar-refractivity contribution in [1.82, 2.24) is 10.3 Å². The Labute approximate surface area is 104 Å². The second-order valence-corrected chi connectivity index (χ2v) is 4.15. The Morgan fingerprint density at radius 1 is 1.56 bits per heavy atom. The number of aromatic nitrogens is 1. The van der Waals surface area contributed by atoms with Crippen LogP contribution in [0.3, 0.4) is 0 Å². The molecule has 2 rings (SSSR count). The van der Waals surface area contributed by atoms with E-state index < -0.39 is 5.91 Å². The van der Waals surface area contributed by atoms with Gasteiger partial charge in [0.15, 0.2) is 0 Å². The van der Waals surface area contributed by atoms with E-state index in [9.17, 15) is 9.59 Å². The maximum absolute atomic E-state index is 11.6. The summed E-state index contributed by atoms with van der Waals surface area (Å²) in [5, 5.41) is 5.72. The molecule has 1 fully saturated rings. The zero-order valence-electron chi connectivity index (χ0n) is 9.77. The molecule has 1 unspecified atom stereocenters. The molecule has 2 amide bonds. The molecular formula is C11H15N5O2. The number of carbonyl (C=O) groups excluding carboxylic acids is 2. The number of rotatable bonds is 3. The topological polar surface area (TPSA) is 123 Å². The highest BCUT2D eigenvalue weighted by molar-refractivity contribution is 5.98. The van der Waals surface area contributed by atoms with E-state index in [1.807, 2.05) is 0 Å². The van der Waals surface area contributed by atoms with Gasteiger partial charge in [-0.25, -0.2) is 4.98 Å². The van der Waals surface area contributed by atoms with Gasteiger partial charge in [-0.3, -0.25) is 9.59 Å². The van der Waals surface area contributed by atoms with E-state index in [1.165, 1.54) is 12.3 Å². The lowest BCUT2D eigenvalue weighted by atomic mass is 10.1. The molecule has 7 nitrogen and oxygen atoms in total. The predicted molar refractivity (Wildman–Crippen MR) is 66.8 cm³/mol. The lowest BCUT2D eigenvalue weighted by Gasteiger charge is -2.23. The Kier molecular flexibility index (Phi) is 3.31. The van der Waals surface area contributed by atoms with E-state index in [-0.39, 0.29) is 23.2 Å². The van der Waals surface area contributed by atoms with Gasteiger partial charge in [0.25, 0.3) is 5.91 Å². The number of pyridine rings is 1. The fourth-order valence-corrected chi connectivity index (χ4v) is 1.85. The van der Waals surface area contributed by atoms with Crippen molar-refractivity contribution >= 4 is 23.3 Å². The summed E-state index contributed by atoms with van der Waals surface area (Å²) >= 11 is 0. The summed E-state index contributed by atoms with van der Waals surface area (Å²) in [4.78, 5) is 26.7. The summed E-state index contributed by atoms with van der Waals surface area (Å²) in [7, 11) is 0. The van der Waals surface area contributed by atoms with Crippen LogP contribution in [0.5, 0.6) is 0 Å². The van der Waals surface area contributed by atoms with E-state index in [0.717, 1.165) is 12.8 Å². The molecule has 0 radical (unpaired) electrons. The first-order chi connectivity index (χ1) is 8.58. The van der Waals surface area contributed by atoms with Gasteiger partial charge in [-0.15, -0.1) is 0 Å². The smallest absolute Gasteiger partial charge is 0.250 e. The summed E-state index contributed by atoms with van der Waals surface area (Å²) in [5.41, 5.74) is 11.2. The molecular weight excluding hydrogens is 234 g/mol. The summed E-state index contributed by atoms with van der Waals surface area (Å²) in [6.45, 7) is 0.693. The van der Waals surface area contributed by atoms with Gasteiger partial charge in [0.1, 0.15) is 11.9 Å². The lowest BCUT2D eigenvalue weighted by Crippen LogP contribution is -2.44. The Hall–Kier alpha value is -2.31. The third kappa shape index (κ3) is 2.50. The van der Waals surface area contributed by atoms with Crippen molar-refractivity contribution in [2.75, 3.05) is 17.6 Å². The molecule has 0 spiro atoms. The molecule has 2 heterocycles. The molecule has 1 atom stereocenters. The molecule has 18 heavy (non-hydrogen) atoms. The summed E-state index contributed by atoms with van der Waals surface area (Å²) in [6, 6.07) is 1.12. The molecule has 1 aliphatic heterocycles. The van der Waals surface area contributed by atoms with Crippen LogP contribution < -0.4 is 22.1 Å². The lowest BCUT2D eigenvalue weighted by molar-refractivity contribution is -0.123. The summed E-state index contributed by atoms with van der Waals surface area (Å²) in [6.07, 6.45) is 2.98. The molecule has 0 bridgehead atoms. The normalized spacial score (nSPS) is 19.1. The Morgan fingerprint density at radius 3 is 3.00 bits per heavy atom. The minimum atomic E-state index is -0.619. The van der Waals surface area contributed by atoms with Gasteiger partial charge in [0.05, 0.1) is 17.4 Å². The molecule has 0 saturated carbocycles. The van der Waals surface area contributed by atoms with Crippen LogP contribution in [0.15, 0.2) is 12.3 Å². The SMILES string of the molecule is NC(=O)c1cc(NC2CCCNC2=O)ncc1N. The maximum Gasteiger partial charge on any atom is 0.250 e. The van der Waals surface area contributed by atoms with E-state index in [2.05, 4.69) is 15.6 Å². The third-order valence-corrected chi connectivity index (χ3v) is 2.81. The molecule has 1 aromatic heterocycles. The number of nitrogens with zero attached hydrogens (tertiary/aromatic N) is 1. The minimum Gasteiger partial charge on any atom is -0.397 e. The number of anilines is 2. The highest BCUT2D eigenvalue weighted by atomic mass is 16.2. The second-order valence-electron chi connectivity index (χ2n) is 4.15. The fraction of sp³-hybridized carbons (Fsp3) is 0.364. The van der Waals surface area contributed by atoms with Crippen LogP contribution in [0.4, 0.5) is 11.5 Å². The average Bonchev–Trinajstić information content (AvgIpc) is 2.34. The van der Waals surface area contributed by atoms with Crippen LogP contribution >= 0.6 is 0 Å². The van der Waals surface area contributed by atoms with Crippen molar-refractivity contribution in [3.05, 3.63) is 17.8 Å². The van der Waals surface area contributed by atoms with Crippen LogP contribution in [0.25, 0.3) is 0 Å². The monoisotopic (exact) mass is 249 g/mol. The minimum absolute atomic E-state index is 0.0690. The van der Waals surface area contributed by atoms with Crippen LogP contribution in [0.1, 0.15) is 23.2 Å². The van der Waals surface area contributed by atoms with Crippen molar-refractivity contribution < 1.29 is 9.59 Å². The number of nitrogen functional groups attached to an aromatic ring is 1. The van der Waals surface area contributed by atoms with Crippen molar-refractivity contribution in [2.45, 2.75) is 18.9 Å². The molecule has 0 aliphatic carbocycles. The quantitative estimate of drug-likeness (QED) is 0.572. The van der Waals surface area contributed by atoms with Crippen molar-refractivity contribution in [3.8, 4) is 0 Å².